The first-order valence-corrected chi connectivity index (χ1v) is 7.52. The number of esters is 1. The van der Waals surface area contributed by atoms with E-state index in [0.717, 1.165) is 11.0 Å². The van der Waals surface area contributed by atoms with Crippen LogP contribution in [0, 0.1) is 0 Å². The Hall–Kier alpha value is -3.22. The summed E-state index contributed by atoms with van der Waals surface area (Å²) in [5.41, 5.74) is 2.46. The molecule has 0 saturated heterocycles. The Morgan fingerprint density at radius 1 is 1.25 bits per heavy atom. The van der Waals surface area contributed by atoms with E-state index >= 15 is 0 Å². The van der Waals surface area contributed by atoms with Gasteiger partial charge in [-0.3, -0.25) is 9.78 Å². The fourth-order valence-corrected chi connectivity index (χ4v) is 2.24. The highest BCUT2D eigenvalue weighted by atomic mass is 16.5. The number of H-pyrrole nitrogens is 1. The second kappa shape index (κ2) is 6.91. The first-order chi connectivity index (χ1) is 11.7. The quantitative estimate of drug-likeness (QED) is 0.703. The molecule has 0 fully saturated rings. The number of carbonyl (C=O) groups excluding carboxylic acids is 2. The highest BCUT2D eigenvalue weighted by Gasteiger charge is 2.22. The van der Waals surface area contributed by atoms with Gasteiger partial charge in [0.05, 0.1) is 22.9 Å². The number of hydrogen-bond donors (Lipinski definition) is 2. The van der Waals surface area contributed by atoms with E-state index < -0.39 is 12.1 Å². The topological polar surface area (TPSA) is 97.0 Å². The summed E-state index contributed by atoms with van der Waals surface area (Å²) in [7, 11) is 0. The van der Waals surface area contributed by atoms with E-state index in [4.69, 9.17) is 4.74 Å². The van der Waals surface area contributed by atoms with E-state index in [-0.39, 0.29) is 5.91 Å². The standard InChI is InChI=1S/C17H16N4O3/c1-2-15(16(22)21-12-5-7-18-8-6-12)24-17(23)11-3-4-13-14(9-11)20-10-19-13/h3-10,15H,2H2,1H3,(H,19,20)(H,18,21,22). The lowest BCUT2D eigenvalue weighted by atomic mass is 10.2. The van der Waals surface area contributed by atoms with Crippen LogP contribution >= 0.6 is 0 Å². The van der Waals surface area contributed by atoms with Gasteiger partial charge in [0.25, 0.3) is 5.91 Å². The Kier molecular flexibility index (Phi) is 4.51. The van der Waals surface area contributed by atoms with E-state index in [1.165, 1.54) is 0 Å². The van der Waals surface area contributed by atoms with Crippen LogP contribution in [0.3, 0.4) is 0 Å². The molecular weight excluding hydrogens is 308 g/mol. The van der Waals surface area contributed by atoms with Crippen molar-refractivity contribution in [1.82, 2.24) is 15.0 Å². The van der Waals surface area contributed by atoms with Gasteiger partial charge in [-0.15, -0.1) is 0 Å². The fraction of sp³-hybridized carbons (Fsp3) is 0.176. The van der Waals surface area contributed by atoms with Gasteiger partial charge < -0.3 is 15.0 Å². The van der Waals surface area contributed by atoms with Gasteiger partial charge in [0.15, 0.2) is 6.10 Å². The molecule has 0 bridgehead atoms. The average molecular weight is 324 g/mol. The third-order valence-electron chi connectivity index (χ3n) is 3.52. The highest BCUT2D eigenvalue weighted by molar-refractivity contribution is 5.98. The van der Waals surface area contributed by atoms with Crippen molar-refractivity contribution in [2.24, 2.45) is 0 Å². The average Bonchev–Trinajstić information content (AvgIpc) is 3.07. The van der Waals surface area contributed by atoms with Crippen molar-refractivity contribution in [2.75, 3.05) is 5.32 Å². The van der Waals surface area contributed by atoms with Crippen LogP contribution in [0.15, 0.2) is 49.1 Å². The third kappa shape index (κ3) is 3.40. The summed E-state index contributed by atoms with van der Waals surface area (Å²) in [6.45, 7) is 1.78. The minimum atomic E-state index is -0.872. The number of rotatable bonds is 5. The van der Waals surface area contributed by atoms with Crippen LogP contribution in [-0.2, 0) is 9.53 Å². The molecule has 3 rings (SSSR count). The second-order valence-corrected chi connectivity index (χ2v) is 5.16. The van der Waals surface area contributed by atoms with Crippen LogP contribution in [0.5, 0.6) is 0 Å². The molecule has 122 valence electrons. The summed E-state index contributed by atoms with van der Waals surface area (Å²) < 4.78 is 5.34. The number of imidazole rings is 1. The van der Waals surface area contributed by atoms with Gasteiger partial charge in [0.2, 0.25) is 0 Å². The number of fused-ring (bicyclic) bond motifs is 1. The monoisotopic (exact) mass is 324 g/mol. The van der Waals surface area contributed by atoms with Gasteiger partial charge in [-0.2, -0.15) is 0 Å². The first-order valence-electron chi connectivity index (χ1n) is 7.52. The molecule has 0 aliphatic heterocycles. The van der Waals surface area contributed by atoms with E-state index in [1.54, 1.807) is 56.0 Å². The largest absolute Gasteiger partial charge is 0.449 e. The number of hydrogen-bond acceptors (Lipinski definition) is 5. The Labute approximate surface area is 138 Å². The number of pyridine rings is 1. The van der Waals surface area contributed by atoms with Crippen molar-refractivity contribution in [2.45, 2.75) is 19.4 Å². The van der Waals surface area contributed by atoms with Crippen molar-refractivity contribution < 1.29 is 14.3 Å². The summed E-state index contributed by atoms with van der Waals surface area (Å²) in [4.78, 5) is 35.5. The lowest BCUT2D eigenvalue weighted by molar-refractivity contribution is -0.124. The van der Waals surface area contributed by atoms with Crippen molar-refractivity contribution >= 4 is 28.6 Å². The molecular formula is C17H16N4O3. The van der Waals surface area contributed by atoms with Gasteiger partial charge in [-0.25, -0.2) is 9.78 Å². The van der Waals surface area contributed by atoms with Gasteiger partial charge >= 0.3 is 5.97 Å². The molecule has 1 aromatic carbocycles. The predicted molar refractivity (Wildman–Crippen MR) is 88.5 cm³/mol. The number of benzene rings is 1. The van der Waals surface area contributed by atoms with Crippen molar-refractivity contribution in [3.63, 3.8) is 0 Å². The molecule has 1 atom stereocenters. The third-order valence-corrected chi connectivity index (χ3v) is 3.52. The lowest BCUT2D eigenvalue weighted by Gasteiger charge is -2.16. The number of carbonyl (C=O) groups is 2. The molecule has 0 saturated carbocycles. The Balaban J connectivity index is 1.69. The van der Waals surface area contributed by atoms with Crippen LogP contribution in [0.25, 0.3) is 11.0 Å². The van der Waals surface area contributed by atoms with Crippen LogP contribution in [0.2, 0.25) is 0 Å². The molecule has 3 aromatic rings. The van der Waals surface area contributed by atoms with E-state index in [2.05, 4.69) is 20.3 Å². The summed E-state index contributed by atoms with van der Waals surface area (Å²) >= 11 is 0. The molecule has 0 aliphatic rings. The predicted octanol–water partition coefficient (Wildman–Crippen LogP) is 2.53. The van der Waals surface area contributed by atoms with Gasteiger partial charge in [-0.1, -0.05) is 6.92 Å². The molecule has 2 heterocycles. The maximum absolute atomic E-state index is 12.3. The molecule has 24 heavy (non-hydrogen) atoms. The SMILES string of the molecule is CCC(OC(=O)c1ccc2nc[nH]c2c1)C(=O)Nc1ccncc1. The molecule has 7 nitrogen and oxygen atoms in total. The van der Waals surface area contributed by atoms with E-state index in [9.17, 15) is 9.59 Å². The van der Waals surface area contributed by atoms with Crippen molar-refractivity contribution in [3.05, 3.63) is 54.6 Å². The zero-order chi connectivity index (χ0) is 16.9. The molecule has 2 N–H and O–H groups in total. The zero-order valence-corrected chi connectivity index (χ0v) is 13.0. The molecule has 0 radical (unpaired) electrons. The molecule has 1 amide bonds. The maximum Gasteiger partial charge on any atom is 0.338 e. The highest BCUT2D eigenvalue weighted by Crippen LogP contribution is 2.14. The van der Waals surface area contributed by atoms with E-state index in [1.807, 2.05) is 0 Å². The Bertz CT molecular complexity index is 860. The van der Waals surface area contributed by atoms with Crippen LogP contribution in [0.1, 0.15) is 23.7 Å². The molecule has 2 aromatic heterocycles. The zero-order valence-electron chi connectivity index (χ0n) is 13.0. The number of aromatic amines is 1. The minimum Gasteiger partial charge on any atom is -0.449 e. The number of anilines is 1. The molecule has 0 spiro atoms. The summed E-state index contributed by atoms with van der Waals surface area (Å²) in [5.74, 6) is -0.928. The summed E-state index contributed by atoms with van der Waals surface area (Å²) in [6, 6.07) is 8.33. The van der Waals surface area contributed by atoms with Gasteiger partial charge in [0, 0.05) is 18.1 Å². The second-order valence-electron chi connectivity index (χ2n) is 5.16. The molecule has 1 unspecified atom stereocenters. The normalized spacial score (nSPS) is 11.9. The van der Waals surface area contributed by atoms with Gasteiger partial charge in [-0.05, 0) is 36.8 Å². The lowest BCUT2D eigenvalue weighted by Crippen LogP contribution is -2.32. The van der Waals surface area contributed by atoms with Crippen molar-refractivity contribution in [3.8, 4) is 0 Å². The van der Waals surface area contributed by atoms with E-state index in [0.29, 0.717) is 17.7 Å². The van der Waals surface area contributed by atoms with Gasteiger partial charge in [0.1, 0.15) is 0 Å². The molecule has 0 aliphatic carbocycles. The molecule has 7 heteroatoms. The summed E-state index contributed by atoms with van der Waals surface area (Å²) in [6.07, 6.45) is 4.19. The summed E-state index contributed by atoms with van der Waals surface area (Å²) in [5, 5.41) is 2.70. The fourth-order valence-electron chi connectivity index (χ4n) is 2.24. The Morgan fingerprint density at radius 3 is 2.79 bits per heavy atom. The number of nitrogens with zero attached hydrogens (tertiary/aromatic N) is 2. The number of aromatic nitrogens is 3. The minimum absolute atomic E-state index is 0.363. The first kappa shape index (κ1) is 15.7. The smallest absolute Gasteiger partial charge is 0.338 e. The maximum atomic E-state index is 12.3. The van der Waals surface area contributed by atoms with Crippen LogP contribution in [0.4, 0.5) is 5.69 Å². The van der Waals surface area contributed by atoms with Crippen LogP contribution in [-0.4, -0.2) is 32.9 Å². The van der Waals surface area contributed by atoms with Crippen molar-refractivity contribution in [1.29, 1.82) is 0 Å². The number of nitrogens with one attached hydrogen (secondary N) is 2. The Morgan fingerprint density at radius 2 is 2.04 bits per heavy atom. The number of ether oxygens (including phenoxy) is 1. The van der Waals surface area contributed by atoms with Crippen LogP contribution < -0.4 is 5.32 Å². The number of amides is 1.